The van der Waals surface area contributed by atoms with Crippen LogP contribution in [0.5, 0.6) is 0 Å². The van der Waals surface area contributed by atoms with Crippen molar-refractivity contribution in [2.45, 2.75) is 74.7 Å². The number of carboxylic acid groups (broad SMARTS) is 1. The maximum Gasteiger partial charge on any atom is 0.407 e. The maximum absolute atomic E-state index is 13.8. The molecule has 5 N–H and O–H groups in total. The first-order valence-corrected chi connectivity index (χ1v) is 21.0. The number of hydrogen-bond acceptors (Lipinski definition) is 9. The van der Waals surface area contributed by atoms with Crippen LogP contribution in [0.25, 0.3) is 33.6 Å². The van der Waals surface area contributed by atoms with Crippen molar-refractivity contribution < 1.29 is 29.0 Å². The number of imidazole rings is 2. The molecular formula is C40H48N8O6S2. The topological polar surface area (TPSA) is 186 Å². The summed E-state index contributed by atoms with van der Waals surface area (Å²) in [6.45, 7) is 6.68. The number of likely N-dealkylation sites (tertiary alicyclic amines) is 2. The molecule has 0 bridgehead atoms. The van der Waals surface area contributed by atoms with Gasteiger partial charge in [0.1, 0.15) is 23.7 Å². The number of rotatable bonds is 11. The quantitative estimate of drug-likeness (QED) is 0.110. The molecule has 4 amide bonds. The van der Waals surface area contributed by atoms with Crippen LogP contribution >= 0.6 is 23.5 Å². The van der Waals surface area contributed by atoms with Crippen molar-refractivity contribution in [3.8, 4) is 33.6 Å². The smallest absolute Gasteiger partial charge is 0.407 e. The molecule has 3 aliphatic rings. The van der Waals surface area contributed by atoms with Gasteiger partial charge in [-0.2, -0.15) is 0 Å². The highest BCUT2D eigenvalue weighted by Gasteiger charge is 2.51. The van der Waals surface area contributed by atoms with Crippen LogP contribution in [0.1, 0.15) is 70.2 Å². The summed E-state index contributed by atoms with van der Waals surface area (Å²) in [5, 5.41) is 14.4. The normalized spacial score (nSPS) is 20.0. The Morgan fingerprint density at radius 3 is 1.93 bits per heavy atom. The minimum absolute atomic E-state index is 0.0924. The van der Waals surface area contributed by atoms with Crippen LogP contribution in [0.3, 0.4) is 0 Å². The molecule has 3 saturated heterocycles. The van der Waals surface area contributed by atoms with Gasteiger partial charge >= 0.3 is 12.2 Å². The van der Waals surface area contributed by atoms with Gasteiger partial charge in [0.15, 0.2) is 0 Å². The molecule has 14 nitrogen and oxygen atoms in total. The summed E-state index contributed by atoms with van der Waals surface area (Å²) in [6, 6.07) is 14.4. The zero-order valence-electron chi connectivity index (χ0n) is 31.9. The Balaban J connectivity index is 1.03. The molecule has 1 spiro atoms. The Kier molecular flexibility index (Phi) is 11.7. The van der Waals surface area contributed by atoms with Gasteiger partial charge in [-0.05, 0) is 36.3 Å². The summed E-state index contributed by atoms with van der Waals surface area (Å²) in [6.07, 6.45) is 4.69. The average Bonchev–Trinajstić information content (AvgIpc) is 4.06. The van der Waals surface area contributed by atoms with E-state index in [2.05, 4.69) is 44.9 Å². The minimum Gasteiger partial charge on any atom is -0.465 e. The standard InChI is InChI=1S/C40H48N8O6S2/c1-5-28(45-39(53)54-4)36(49)48-22-40(55-17-18-56-40)19-32(48)35-42-21-30(44-35)27-14-10-25(11-15-27)24-8-12-26(13-9-24)29-20-41-34(43-29)31-7-6-16-47(31)37(50)33(23(2)3)46-38(51)52/h8-15,20-21,23,28,31-33,46H,5-7,16-19,22H2,1-4H3,(H,41,43)(H,42,44)(H,45,53)(H,51,52)/t28-,31-,32-,33-/m0/s1. The first-order valence-electron chi connectivity index (χ1n) is 19.0. The van der Waals surface area contributed by atoms with E-state index in [1.165, 1.54) is 7.11 Å². The van der Waals surface area contributed by atoms with Crippen molar-refractivity contribution in [3.05, 3.63) is 72.6 Å². The third-order valence-corrected chi connectivity index (χ3v) is 14.3. The second-order valence-electron chi connectivity index (χ2n) is 14.7. The van der Waals surface area contributed by atoms with E-state index in [1.54, 1.807) is 4.90 Å². The lowest BCUT2D eigenvalue weighted by atomic mass is 10.0. The lowest BCUT2D eigenvalue weighted by molar-refractivity contribution is -0.135. The lowest BCUT2D eigenvalue weighted by Crippen LogP contribution is -2.50. The molecular weight excluding hydrogens is 753 g/mol. The molecule has 0 radical (unpaired) electrons. The minimum atomic E-state index is -1.21. The Hall–Kier alpha value is -4.96. The number of alkyl carbamates (subject to hydrolysis) is 1. The molecule has 56 heavy (non-hydrogen) atoms. The lowest BCUT2D eigenvalue weighted by Gasteiger charge is -2.29. The summed E-state index contributed by atoms with van der Waals surface area (Å²) in [4.78, 5) is 70.7. The van der Waals surface area contributed by atoms with Crippen LogP contribution in [0.15, 0.2) is 60.9 Å². The molecule has 0 saturated carbocycles. The van der Waals surface area contributed by atoms with Crippen LogP contribution in [0.2, 0.25) is 0 Å². The highest BCUT2D eigenvalue weighted by Crippen LogP contribution is 2.55. The molecule has 5 heterocycles. The fourth-order valence-corrected chi connectivity index (χ4v) is 11.1. The number of nitrogens with one attached hydrogen (secondary N) is 4. The van der Waals surface area contributed by atoms with E-state index < -0.39 is 24.3 Å². The van der Waals surface area contributed by atoms with Crippen molar-refractivity contribution in [1.82, 2.24) is 40.4 Å². The predicted molar refractivity (Wildman–Crippen MR) is 217 cm³/mol. The van der Waals surface area contributed by atoms with E-state index in [9.17, 15) is 24.3 Å². The van der Waals surface area contributed by atoms with Crippen LogP contribution in [0.4, 0.5) is 9.59 Å². The molecule has 2 aromatic carbocycles. The summed E-state index contributed by atoms with van der Waals surface area (Å²) >= 11 is 3.80. The van der Waals surface area contributed by atoms with Crippen molar-refractivity contribution in [1.29, 1.82) is 0 Å². The first kappa shape index (κ1) is 39.3. The molecule has 2 aromatic heterocycles. The summed E-state index contributed by atoms with van der Waals surface area (Å²) < 4.78 is 4.69. The number of carbonyl (C=O) groups excluding carboxylic acids is 3. The van der Waals surface area contributed by atoms with E-state index in [0.717, 1.165) is 70.2 Å². The number of nitrogens with zero attached hydrogens (tertiary/aromatic N) is 4. The molecule has 0 unspecified atom stereocenters. The number of hydrogen-bond donors (Lipinski definition) is 5. The van der Waals surface area contributed by atoms with Gasteiger partial charge < -0.3 is 40.2 Å². The van der Waals surface area contributed by atoms with Crippen molar-refractivity contribution in [2.24, 2.45) is 5.92 Å². The molecule has 7 rings (SSSR count). The van der Waals surface area contributed by atoms with Gasteiger partial charge in [0.25, 0.3) is 0 Å². The summed E-state index contributed by atoms with van der Waals surface area (Å²) in [7, 11) is 1.30. The molecule has 16 heteroatoms. The zero-order valence-corrected chi connectivity index (χ0v) is 33.5. The number of amides is 4. The Labute approximate surface area is 334 Å². The third-order valence-electron chi connectivity index (χ3n) is 10.8. The third kappa shape index (κ3) is 8.12. The summed E-state index contributed by atoms with van der Waals surface area (Å²) in [5.41, 5.74) is 5.52. The van der Waals surface area contributed by atoms with Gasteiger partial charge in [-0.3, -0.25) is 9.59 Å². The van der Waals surface area contributed by atoms with E-state index in [4.69, 9.17) is 14.7 Å². The number of ether oxygens (including phenoxy) is 1. The largest absolute Gasteiger partial charge is 0.465 e. The number of aromatic nitrogens is 4. The van der Waals surface area contributed by atoms with E-state index in [0.29, 0.717) is 25.3 Å². The van der Waals surface area contributed by atoms with Gasteiger partial charge in [0, 0.05) is 54.5 Å². The Morgan fingerprint density at radius 2 is 1.41 bits per heavy atom. The van der Waals surface area contributed by atoms with Crippen LogP contribution in [-0.2, 0) is 14.3 Å². The van der Waals surface area contributed by atoms with Crippen LogP contribution in [-0.4, -0.2) is 107 Å². The van der Waals surface area contributed by atoms with Gasteiger partial charge in [0.2, 0.25) is 11.8 Å². The zero-order chi connectivity index (χ0) is 39.6. The highest BCUT2D eigenvalue weighted by atomic mass is 32.2. The Morgan fingerprint density at radius 1 is 0.857 bits per heavy atom. The number of carbonyl (C=O) groups is 4. The number of methoxy groups -OCH3 is 1. The number of benzene rings is 2. The fourth-order valence-electron chi connectivity index (χ4n) is 7.88. The van der Waals surface area contributed by atoms with Gasteiger partial charge in [-0.25, -0.2) is 19.6 Å². The second-order valence-corrected chi connectivity index (χ2v) is 18.0. The van der Waals surface area contributed by atoms with E-state index in [-0.39, 0.29) is 33.9 Å². The van der Waals surface area contributed by atoms with Gasteiger partial charge in [0.05, 0.1) is 34.7 Å². The van der Waals surface area contributed by atoms with Gasteiger partial charge in [-0.15, -0.1) is 23.5 Å². The monoisotopic (exact) mass is 800 g/mol. The average molecular weight is 801 g/mol. The molecule has 3 aliphatic heterocycles. The molecule has 3 fully saturated rings. The second kappa shape index (κ2) is 16.6. The number of aromatic amines is 2. The Bertz CT molecular complexity index is 2050. The first-order chi connectivity index (χ1) is 27.0. The van der Waals surface area contributed by atoms with Crippen LogP contribution in [0, 0.1) is 5.92 Å². The molecule has 296 valence electrons. The number of H-pyrrole nitrogens is 2. The van der Waals surface area contributed by atoms with Crippen molar-refractivity contribution >= 4 is 47.5 Å². The van der Waals surface area contributed by atoms with Crippen molar-refractivity contribution in [2.75, 3.05) is 31.7 Å². The molecule has 4 atom stereocenters. The summed E-state index contributed by atoms with van der Waals surface area (Å²) in [5.74, 6) is 2.95. The SMILES string of the molecule is CC[C@H](NC(=O)OC)C(=O)N1CC2(C[C@H]1c1nc(-c3ccc(-c4ccc(-c5c[nH]c([C@@H]6CCCN6C(=O)[C@@H](NC(=O)O)C(C)C)n5)cc4)cc3)c[nH]1)SCCS2. The number of thioether (sulfide) groups is 2. The van der Waals surface area contributed by atoms with Crippen molar-refractivity contribution in [3.63, 3.8) is 0 Å². The molecule has 4 aromatic rings. The van der Waals surface area contributed by atoms with E-state index >= 15 is 0 Å². The molecule has 0 aliphatic carbocycles. The van der Waals surface area contributed by atoms with Crippen LogP contribution < -0.4 is 10.6 Å². The predicted octanol–water partition coefficient (Wildman–Crippen LogP) is 6.67. The fraction of sp³-hybridized carbons (Fsp3) is 0.450. The highest BCUT2D eigenvalue weighted by molar-refractivity contribution is 8.21. The maximum atomic E-state index is 13.8. The van der Waals surface area contributed by atoms with Gasteiger partial charge in [-0.1, -0.05) is 69.3 Å². The van der Waals surface area contributed by atoms with E-state index in [1.807, 2.05) is 85.9 Å².